The minimum Gasteiger partial charge on any atom is -0.508 e. The molecule has 0 aliphatic carbocycles. The molecule has 4 aromatic rings. The van der Waals surface area contributed by atoms with Gasteiger partial charge >= 0.3 is 5.97 Å². The summed E-state index contributed by atoms with van der Waals surface area (Å²) in [5, 5.41) is 66.2. The fourth-order valence-corrected chi connectivity index (χ4v) is 3.35. The van der Waals surface area contributed by atoms with Crippen LogP contribution in [-0.2, 0) is 4.74 Å². The van der Waals surface area contributed by atoms with Gasteiger partial charge in [-0.2, -0.15) is 0 Å². The zero-order valence-corrected chi connectivity index (χ0v) is 19.0. The van der Waals surface area contributed by atoms with Gasteiger partial charge in [0.2, 0.25) is 11.2 Å². The highest BCUT2D eigenvalue weighted by atomic mass is 16.5. The lowest BCUT2D eigenvalue weighted by molar-refractivity contribution is 0.0522. The van der Waals surface area contributed by atoms with Crippen molar-refractivity contribution in [3.8, 4) is 51.6 Å². The topological polar surface area (TPSA) is 198 Å². The van der Waals surface area contributed by atoms with Gasteiger partial charge in [0, 0.05) is 23.8 Å². The number of carbonyl (C=O) groups excluding carboxylic acids is 1. The molecular weight excluding hydrogens is 476 g/mol. The SMILES string of the molecule is CCOC(=O)c1c(C)cc(O)cc1O.O=c1c(O)c(-c2ccc(O)c(O)c2)oc2cc(O)cc(O)c12. The number of benzene rings is 3. The molecular formula is C25H22O11. The normalized spacial score (nSPS) is 10.5. The minimum atomic E-state index is -0.888. The van der Waals surface area contributed by atoms with E-state index in [9.17, 15) is 40.2 Å². The second-order valence-electron chi connectivity index (χ2n) is 7.53. The van der Waals surface area contributed by atoms with Crippen LogP contribution in [0.4, 0.5) is 0 Å². The average molecular weight is 498 g/mol. The Balaban J connectivity index is 0.000000223. The van der Waals surface area contributed by atoms with E-state index in [1.807, 2.05) is 0 Å². The second-order valence-corrected chi connectivity index (χ2v) is 7.53. The van der Waals surface area contributed by atoms with Crippen LogP contribution in [0, 0.1) is 6.92 Å². The predicted octanol–water partition coefficient (Wildman–Crippen LogP) is 3.57. The van der Waals surface area contributed by atoms with E-state index in [2.05, 4.69) is 0 Å². The molecule has 0 aliphatic rings. The Morgan fingerprint density at radius 3 is 2.08 bits per heavy atom. The van der Waals surface area contributed by atoms with Crippen molar-refractivity contribution >= 4 is 16.9 Å². The number of rotatable bonds is 3. The molecule has 0 fully saturated rings. The lowest BCUT2D eigenvalue weighted by atomic mass is 10.1. The third-order valence-corrected chi connectivity index (χ3v) is 4.95. The monoisotopic (exact) mass is 498 g/mol. The predicted molar refractivity (Wildman–Crippen MR) is 127 cm³/mol. The van der Waals surface area contributed by atoms with Gasteiger partial charge in [0.05, 0.1) is 6.61 Å². The maximum Gasteiger partial charge on any atom is 0.342 e. The Morgan fingerprint density at radius 2 is 1.47 bits per heavy atom. The van der Waals surface area contributed by atoms with E-state index in [1.54, 1.807) is 13.8 Å². The van der Waals surface area contributed by atoms with Crippen molar-refractivity contribution in [2.75, 3.05) is 6.61 Å². The van der Waals surface area contributed by atoms with E-state index in [0.717, 1.165) is 30.3 Å². The minimum absolute atomic E-state index is 0.0759. The van der Waals surface area contributed by atoms with E-state index in [4.69, 9.17) is 14.3 Å². The van der Waals surface area contributed by atoms with Crippen molar-refractivity contribution in [1.29, 1.82) is 0 Å². The van der Waals surface area contributed by atoms with E-state index < -0.39 is 28.6 Å². The summed E-state index contributed by atoms with van der Waals surface area (Å²) < 4.78 is 10.1. The smallest absolute Gasteiger partial charge is 0.342 e. The number of aromatic hydroxyl groups is 7. The molecule has 0 saturated heterocycles. The molecule has 0 spiro atoms. The molecule has 0 atom stereocenters. The maximum absolute atomic E-state index is 12.1. The Kier molecular flexibility index (Phi) is 7.14. The number of carbonyl (C=O) groups is 1. The van der Waals surface area contributed by atoms with Crippen LogP contribution in [0.5, 0.6) is 40.2 Å². The van der Waals surface area contributed by atoms with Crippen LogP contribution in [0.2, 0.25) is 0 Å². The zero-order valence-electron chi connectivity index (χ0n) is 19.0. The average Bonchev–Trinajstić information content (AvgIpc) is 2.77. The molecule has 7 N–H and O–H groups in total. The molecule has 0 unspecified atom stereocenters. The van der Waals surface area contributed by atoms with Crippen LogP contribution in [0.15, 0.2) is 51.7 Å². The van der Waals surface area contributed by atoms with E-state index in [0.29, 0.717) is 5.56 Å². The van der Waals surface area contributed by atoms with Crippen LogP contribution in [0.1, 0.15) is 22.8 Å². The number of hydrogen-bond acceptors (Lipinski definition) is 11. The van der Waals surface area contributed by atoms with Gasteiger partial charge < -0.3 is 44.9 Å². The van der Waals surface area contributed by atoms with Gasteiger partial charge in [-0.1, -0.05) is 0 Å². The lowest BCUT2D eigenvalue weighted by Gasteiger charge is -2.08. The summed E-state index contributed by atoms with van der Waals surface area (Å²) >= 11 is 0. The van der Waals surface area contributed by atoms with Crippen molar-refractivity contribution in [1.82, 2.24) is 0 Å². The standard InChI is InChI=1S/C15H10O7.C10H12O4/c16-7-4-10(19)12-11(5-7)22-15(14(21)13(12)20)6-1-2-8(17)9(18)3-6;1-3-14-10(13)9-6(2)4-7(11)5-8(9)12/h1-5,16-19,21H;4-5,11-12H,3H2,1-2H3. The van der Waals surface area contributed by atoms with Gasteiger partial charge in [-0.25, -0.2) is 4.79 Å². The molecule has 36 heavy (non-hydrogen) atoms. The third-order valence-electron chi connectivity index (χ3n) is 4.95. The Morgan fingerprint density at radius 1 is 0.833 bits per heavy atom. The van der Waals surface area contributed by atoms with E-state index >= 15 is 0 Å². The lowest BCUT2D eigenvalue weighted by Crippen LogP contribution is -2.06. The molecule has 1 aromatic heterocycles. The van der Waals surface area contributed by atoms with Crippen LogP contribution in [0.3, 0.4) is 0 Å². The number of esters is 1. The quantitative estimate of drug-likeness (QED) is 0.161. The van der Waals surface area contributed by atoms with Crippen LogP contribution in [0.25, 0.3) is 22.3 Å². The number of ether oxygens (including phenoxy) is 1. The van der Waals surface area contributed by atoms with Crippen LogP contribution < -0.4 is 5.43 Å². The van der Waals surface area contributed by atoms with Crippen molar-refractivity contribution in [2.45, 2.75) is 13.8 Å². The van der Waals surface area contributed by atoms with Crippen molar-refractivity contribution in [3.63, 3.8) is 0 Å². The van der Waals surface area contributed by atoms with Crippen molar-refractivity contribution in [3.05, 3.63) is 63.8 Å². The zero-order chi connectivity index (χ0) is 26.7. The Bertz CT molecular complexity index is 1500. The number of phenols is 6. The number of fused-ring (bicyclic) bond motifs is 1. The fraction of sp³-hybridized carbons (Fsp3) is 0.120. The first kappa shape index (κ1) is 25.6. The third kappa shape index (κ3) is 5.04. The highest BCUT2D eigenvalue weighted by molar-refractivity contribution is 5.94. The molecule has 0 aliphatic heterocycles. The number of hydrogen-bond donors (Lipinski definition) is 7. The molecule has 0 radical (unpaired) electrons. The van der Waals surface area contributed by atoms with Gasteiger partial charge in [0.15, 0.2) is 17.3 Å². The first-order valence-corrected chi connectivity index (χ1v) is 10.4. The highest BCUT2D eigenvalue weighted by Crippen LogP contribution is 2.37. The first-order chi connectivity index (χ1) is 16.9. The van der Waals surface area contributed by atoms with Gasteiger partial charge in [-0.3, -0.25) is 4.79 Å². The molecule has 4 rings (SSSR count). The molecule has 3 aromatic carbocycles. The maximum atomic E-state index is 12.1. The second kappa shape index (κ2) is 10.1. The van der Waals surface area contributed by atoms with Crippen LogP contribution >= 0.6 is 0 Å². The van der Waals surface area contributed by atoms with E-state index in [1.165, 1.54) is 12.1 Å². The molecule has 188 valence electrons. The van der Waals surface area contributed by atoms with Gasteiger partial charge in [0.25, 0.3) is 0 Å². The van der Waals surface area contributed by atoms with Crippen molar-refractivity contribution in [2.24, 2.45) is 0 Å². The van der Waals surface area contributed by atoms with Gasteiger partial charge in [0.1, 0.15) is 39.5 Å². The molecule has 0 bridgehead atoms. The summed E-state index contributed by atoms with van der Waals surface area (Å²) in [4.78, 5) is 23.5. The van der Waals surface area contributed by atoms with Gasteiger partial charge in [-0.05, 0) is 43.7 Å². The summed E-state index contributed by atoms with van der Waals surface area (Å²) in [5.74, 6) is -3.63. The fourth-order valence-electron chi connectivity index (χ4n) is 3.35. The van der Waals surface area contributed by atoms with Gasteiger partial charge in [-0.15, -0.1) is 0 Å². The molecule has 0 saturated carbocycles. The summed E-state index contributed by atoms with van der Waals surface area (Å²) in [6.45, 7) is 3.55. The molecule has 1 heterocycles. The molecule has 11 nitrogen and oxygen atoms in total. The summed E-state index contributed by atoms with van der Waals surface area (Å²) in [6.07, 6.45) is 0. The Hall–Kier alpha value is -5.06. The largest absolute Gasteiger partial charge is 0.508 e. The highest BCUT2D eigenvalue weighted by Gasteiger charge is 2.19. The summed E-state index contributed by atoms with van der Waals surface area (Å²) in [7, 11) is 0. The molecule has 0 amide bonds. The van der Waals surface area contributed by atoms with E-state index in [-0.39, 0.29) is 57.5 Å². The summed E-state index contributed by atoms with van der Waals surface area (Å²) in [5.41, 5.74) is -0.301. The van der Waals surface area contributed by atoms with Crippen molar-refractivity contribution < 1.29 is 49.7 Å². The number of phenolic OH excluding ortho intramolecular Hbond substituents is 6. The Labute approximate surface area is 202 Å². The summed E-state index contributed by atoms with van der Waals surface area (Å²) in [6, 6.07) is 8.15. The first-order valence-electron chi connectivity index (χ1n) is 10.4. The number of aryl methyl sites for hydroxylation is 1. The molecule has 11 heteroatoms. The van der Waals surface area contributed by atoms with Crippen LogP contribution in [-0.4, -0.2) is 48.3 Å².